The fraction of sp³-hybridized carbons (Fsp3) is 0. The van der Waals surface area contributed by atoms with E-state index in [2.05, 4.69) is 15.9 Å². The quantitative estimate of drug-likeness (QED) is 0.565. The standard InChI is InChI=1S/C12H9BrF2N2O3S/c13-6-3-8(14)12(9(15)4-6)17-21(19,20)7-1-2-11(18)10(16)5-7/h1-5,17-18H,16H2. The van der Waals surface area contributed by atoms with Crippen molar-refractivity contribution < 1.29 is 22.3 Å². The molecule has 0 bridgehead atoms. The number of nitrogen functional groups attached to an aromatic ring is 1. The van der Waals surface area contributed by atoms with Gasteiger partial charge < -0.3 is 10.8 Å². The molecular weight excluding hydrogens is 370 g/mol. The number of rotatable bonds is 3. The molecule has 5 nitrogen and oxygen atoms in total. The van der Waals surface area contributed by atoms with Crippen LogP contribution in [0.3, 0.4) is 0 Å². The SMILES string of the molecule is Nc1cc(S(=O)(=O)Nc2c(F)cc(Br)cc2F)ccc1O. The highest BCUT2D eigenvalue weighted by atomic mass is 79.9. The fourth-order valence-electron chi connectivity index (χ4n) is 1.53. The van der Waals surface area contributed by atoms with Crippen LogP contribution < -0.4 is 10.5 Å². The van der Waals surface area contributed by atoms with Crippen molar-refractivity contribution in [1.82, 2.24) is 0 Å². The Hall–Kier alpha value is -1.87. The van der Waals surface area contributed by atoms with Gasteiger partial charge in [-0.3, -0.25) is 4.72 Å². The maximum Gasteiger partial charge on any atom is 0.262 e. The minimum atomic E-state index is -4.25. The molecule has 2 aromatic rings. The number of hydrogen-bond acceptors (Lipinski definition) is 4. The highest BCUT2D eigenvalue weighted by Gasteiger charge is 2.20. The average Bonchev–Trinajstić information content (AvgIpc) is 2.37. The number of phenols is 1. The van der Waals surface area contributed by atoms with E-state index >= 15 is 0 Å². The van der Waals surface area contributed by atoms with Gasteiger partial charge >= 0.3 is 0 Å². The van der Waals surface area contributed by atoms with Crippen LogP contribution in [0.1, 0.15) is 0 Å². The zero-order valence-corrected chi connectivity index (χ0v) is 12.7. The van der Waals surface area contributed by atoms with E-state index in [9.17, 15) is 22.3 Å². The molecule has 2 rings (SSSR count). The van der Waals surface area contributed by atoms with Gasteiger partial charge in [-0.05, 0) is 30.3 Å². The Labute approximate surface area is 127 Å². The summed E-state index contributed by atoms with van der Waals surface area (Å²) in [6.45, 7) is 0. The molecule has 0 heterocycles. The van der Waals surface area contributed by atoms with Crippen molar-refractivity contribution in [3.8, 4) is 5.75 Å². The maximum absolute atomic E-state index is 13.6. The molecule has 0 amide bonds. The van der Waals surface area contributed by atoms with Gasteiger partial charge in [0.15, 0.2) is 11.6 Å². The molecule has 0 aliphatic heterocycles. The second kappa shape index (κ2) is 5.49. The third kappa shape index (κ3) is 3.24. The molecule has 0 fully saturated rings. The monoisotopic (exact) mass is 378 g/mol. The molecule has 2 aromatic carbocycles. The molecule has 112 valence electrons. The molecule has 0 saturated heterocycles. The summed E-state index contributed by atoms with van der Waals surface area (Å²) in [7, 11) is -4.25. The van der Waals surface area contributed by atoms with E-state index < -0.39 is 27.3 Å². The molecule has 0 radical (unpaired) electrons. The van der Waals surface area contributed by atoms with Gasteiger partial charge in [-0.25, -0.2) is 17.2 Å². The van der Waals surface area contributed by atoms with Gasteiger partial charge in [0.2, 0.25) is 0 Å². The minimum Gasteiger partial charge on any atom is -0.506 e. The summed E-state index contributed by atoms with van der Waals surface area (Å²) in [6, 6.07) is 4.95. The van der Waals surface area contributed by atoms with E-state index in [-0.39, 0.29) is 20.8 Å². The lowest BCUT2D eigenvalue weighted by molar-refractivity contribution is 0.477. The summed E-state index contributed by atoms with van der Waals surface area (Å²) in [5, 5.41) is 9.25. The summed E-state index contributed by atoms with van der Waals surface area (Å²) < 4.78 is 53.3. The lowest BCUT2D eigenvalue weighted by Crippen LogP contribution is -2.15. The van der Waals surface area contributed by atoms with Gasteiger partial charge in [-0.15, -0.1) is 0 Å². The topological polar surface area (TPSA) is 92.4 Å². The summed E-state index contributed by atoms with van der Waals surface area (Å²) >= 11 is 2.89. The van der Waals surface area contributed by atoms with Crippen LogP contribution in [0.15, 0.2) is 39.7 Å². The molecule has 0 aromatic heterocycles. The van der Waals surface area contributed by atoms with Crippen molar-refractivity contribution in [2.75, 3.05) is 10.5 Å². The summed E-state index contributed by atoms with van der Waals surface area (Å²) in [4.78, 5) is -0.334. The van der Waals surface area contributed by atoms with Crippen LogP contribution in [0.5, 0.6) is 5.75 Å². The zero-order chi connectivity index (χ0) is 15.8. The Kier molecular flexibility index (Phi) is 4.06. The fourth-order valence-corrected chi connectivity index (χ4v) is 3.05. The Morgan fingerprint density at radius 2 is 1.71 bits per heavy atom. The van der Waals surface area contributed by atoms with Gasteiger partial charge in [0.1, 0.15) is 11.4 Å². The molecule has 4 N–H and O–H groups in total. The van der Waals surface area contributed by atoms with Crippen LogP contribution in [-0.2, 0) is 10.0 Å². The lowest BCUT2D eigenvalue weighted by Gasteiger charge is -2.11. The van der Waals surface area contributed by atoms with E-state index in [1.165, 1.54) is 0 Å². The maximum atomic E-state index is 13.6. The third-order valence-corrected chi connectivity index (χ3v) is 4.36. The van der Waals surface area contributed by atoms with E-state index in [4.69, 9.17) is 5.73 Å². The predicted molar refractivity (Wildman–Crippen MR) is 77.4 cm³/mol. The van der Waals surface area contributed by atoms with Crippen LogP contribution in [0.4, 0.5) is 20.2 Å². The number of aromatic hydroxyl groups is 1. The molecular formula is C12H9BrF2N2O3S. The number of sulfonamides is 1. The minimum absolute atomic E-state index is 0.134. The summed E-state index contributed by atoms with van der Waals surface area (Å²) in [5.74, 6) is -2.44. The van der Waals surface area contributed by atoms with Crippen molar-refractivity contribution in [1.29, 1.82) is 0 Å². The molecule has 0 spiro atoms. The van der Waals surface area contributed by atoms with Crippen molar-refractivity contribution in [2.24, 2.45) is 0 Å². The number of nitrogens with one attached hydrogen (secondary N) is 1. The second-order valence-electron chi connectivity index (χ2n) is 4.07. The van der Waals surface area contributed by atoms with Crippen LogP contribution in [0.2, 0.25) is 0 Å². The molecule has 0 aliphatic carbocycles. The molecule has 0 saturated carbocycles. The van der Waals surface area contributed by atoms with Crippen LogP contribution >= 0.6 is 15.9 Å². The lowest BCUT2D eigenvalue weighted by atomic mass is 10.3. The first kappa shape index (κ1) is 15.5. The smallest absolute Gasteiger partial charge is 0.262 e. The predicted octanol–water partition coefficient (Wildman–Crippen LogP) is 2.82. The Balaban J connectivity index is 2.44. The summed E-state index contributed by atoms with van der Waals surface area (Å²) in [5.41, 5.74) is 4.42. The second-order valence-corrected chi connectivity index (χ2v) is 6.67. The third-order valence-electron chi connectivity index (χ3n) is 2.55. The van der Waals surface area contributed by atoms with E-state index in [1.807, 2.05) is 4.72 Å². The van der Waals surface area contributed by atoms with Gasteiger partial charge in [-0.2, -0.15) is 0 Å². The number of phenolic OH excluding ortho intramolecular Hbond substituents is 1. The van der Waals surface area contributed by atoms with E-state index in [1.54, 1.807) is 0 Å². The number of anilines is 2. The van der Waals surface area contributed by atoms with Crippen molar-refractivity contribution in [3.05, 3.63) is 46.4 Å². The van der Waals surface area contributed by atoms with Crippen molar-refractivity contribution >= 4 is 37.3 Å². The number of nitrogens with two attached hydrogens (primary N) is 1. The van der Waals surface area contributed by atoms with E-state index in [0.717, 1.165) is 30.3 Å². The number of benzene rings is 2. The first-order chi connectivity index (χ1) is 9.70. The number of hydrogen-bond donors (Lipinski definition) is 3. The Morgan fingerprint density at radius 1 is 1.14 bits per heavy atom. The van der Waals surface area contributed by atoms with Crippen LogP contribution in [0, 0.1) is 11.6 Å². The van der Waals surface area contributed by atoms with Gasteiger partial charge in [-0.1, -0.05) is 15.9 Å². The van der Waals surface area contributed by atoms with Gasteiger partial charge in [0.25, 0.3) is 10.0 Å². The average molecular weight is 379 g/mol. The van der Waals surface area contributed by atoms with Crippen LogP contribution in [-0.4, -0.2) is 13.5 Å². The highest BCUT2D eigenvalue weighted by Crippen LogP contribution is 2.28. The Morgan fingerprint density at radius 3 is 2.24 bits per heavy atom. The first-order valence-electron chi connectivity index (χ1n) is 5.46. The number of halogens is 3. The van der Waals surface area contributed by atoms with Gasteiger partial charge in [0.05, 0.1) is 10.6 Å². The molecule has 21 heavy (non-hydrogen) atoms. The first-order valence-corrected chi connectivity index (χ1v) is 7.74. The zero-order valence-electron chi connectivity index (χ0n) is 10.3. The molecule has 9 heteroatoms. The van der Waals surface area contributed by atoms with Crippen molar-refractivity contribution in [2.45, 2.75) is 4.90 Å². The highest BCUT2D eigenvalue weighted by molar-refractivity contribution is 9.10. The Bertz CT molecular complexity index is 789. The summed E-state index contributed by atoms with van der Waals surface area (Å²) in [6.07, 6.45) is 0. The van der Waals surface area contributed by atoms with Crippen molar-refractivity contribution in [3.63, 3.8) is 0 Å². The normalized spacial score (nSPS) is 11.4. The largest absolute Gasteiger partial charge is 0.506 e. The molecule has 0 unspecified atom stereocenters. The van der Waals surface area contributed by atoms with Gasteiger partial charge in [0, 0.05) is 4.47 Å². The van der Waals surface area contributed by atoms with Crippen LogP contribution in [0.25, 0.3) is 0 Å². The van der Waals surface area contributed by atoms with E-state index in [0.29, 0.717) is 0 Å². The molecule has 0 atom stereocenters. The molecule has 0 aliphatic rings.